The number of rotatable bonds is 4. The summed E-state index contributed by atoms with van der Waals surface area (Å²) in [4.78, 5) is 12.0. The van der Waals surface area contributed by atoms with Gasteiger partial charge in [-0.3, -0.25) is 4.79 Å². The van der Waals surface area contributed by atoms with Crippen LogP contribution in [0.25, 0.3) is 0 Å². The third-order valence-electron chi connectivity index (χ3n) is 3.32. The number of hydrogen-bond acceptors (Lipinski definition) is 3. The van der Waals surface area contributed by atoms with Crippen LogP contribution >= 0.6 is 15.9 Å². The molecule has 0 bridgehead atoms. The Balaban J connectivity index is 1.92. The number of nitrogens with one attached hydrogen (secondary N) is 2. The van der Waals surface area contributed by atoms with Gasteiger partial charge in [0.25, 0.3) is 0 Å². The second kappa shape index (κ2) is 6.91. The first-order valence-corrected chi connectivity index (χ1v) is 7.32. The number of halogens is 1. The van der Waals surface area contributed by atoms with E-state index in [0.717, 1.165) is 41.8 Å². The van der Waals surface area contributed by atoms with Crippen LogP contribution in [0.15, 0.2) is 22.7 Å². The molecule has 4 nitrogen and oxygen atoms in total. The van der Waals surface area contributed by atoms with E-state index in [1.807, 2.05) is 18.2 Å². The van der Waals surface area contributed by atoms with Crippen LogP contribution in [0.2, 0.25) is 0 Å². The molecule has 5 heteroatoms. The summed E-state index contributed by atoms with van der Waals surface area (Å²) >= 11 is 3.40. The van der Waals surface area contributed by atoms with Crippen molar-refractivity contribution in [2.24, 2.45) is 5.92 Å². The van der Waals surface area contributed by atoms with Gasteiger partial charge < -0.3 is 15.4 Å². The van der Waals surface area contributed by atoms with E-state index in [2.05, 4.69) is 26.6 Å². The average molecular weight is 327 g/mol. The van der Waals surface area contributed by atoms with E-state index in [1.54, 1.807) is 7.11 Å². The molecular weight excluding hydrogens is 308 g/mol. The SMILES string of the molecule is COc1cc(Br)cc(NC(=O)CC2CCNCC2)c1. The lowest BCUT2D eigenvalue weighted by atomic mass is 9.94. The van der Waals surface area contributed by atoms with Crippen LogP contribution in [-0.2, 0) is 4.79 Å². The van der Waals surface area contributed by atoms with Crippen LogP contribution in [0.3, 0.4) is 0 Å². The zero-order valence-corrected chi connectivity index (χ0v) is 12.6. The van der Waals surface area contributed by atoms with Gasteiger partial charge in [-0.05, 0) is 44.0 Å². The zero-order chi connectivity index (χ0) is 13.7. The van der Waals surface area contributed by atoms with Gasteiger partial charge >= 0.3 is 0 Å². The van der Waals surface area contributed by atoms with Crippen molar-refractivity contribution in [3.05, 3.63) is 22.7 Å². The Hall–Kier alpha value is -1.07. The third kappa shape index (κ3) is 4.51. The molecule has 1 saturated heterocycles. The van der Waals surface area contributed by atoms with Crippen molar-refractivity contribution in [1.82, 2.24) is 5.32 Å². The van der Waals surface area contributed by atoms with Crippen molar-refractivity contribution in [1.29, 1.82) is 0 Å². The van der Waals surface area contributed by atoms with Crippen LogP contribution in [0.1, 0.15) is 19.3 Å². The average Bonchev–Trinajstić information content (AvgIpc) is 2.38. The molecule has 0 aliphatic carbocycles. The van der Waals surface area contributed by atoms with E-state index in [-0.39, 0.29) is 5.91 Å². The number of carbonyl (C=O) groups is 1. The molecule has 2 N–H and O–H groups in total. The molecule has 1 aliphatic rings. The molecule has 0 saturated carbocycles. The Bertz CT molecular complexity index is 445. The second-order valence-corrected chi connectivity index (χ2v) is 5.74. The summed E-state index contributed by atoms with van der Waals surface area (Å²) in [6, 6.07) is 5.57. The van der Waals surface area contributed by atoms with Gasteiger partial charge in [0.15, 0.2) is 0 Å². The minimum atomic E-state index is 0.0760. The molecule has 1 heterocycles. The van der Waals surface area contributed by atoms with Gasteiger partial charge in [0.2, 0.25) is 5.91 Å². The maximum atomic E-state index is 12.0. The van der Waals surface area contributed by atoms with Gasteiger partial charge in [0, 0.05) is 22.6 Å². The van der Waals surface area contributed by atoms with Crippen molar-refractivity contribution in [3.63, 3.8) is 0 Å². The summed E-state index contributed by atoms with van der Waals surface area (Å²) in [5.41, 5.74) is 0.769. The number of carbonyl (C=O) groups excluding carboxylic acids is 1. The summed E-state index contributed by atoms with van der Waals surface area (Å²) in [6.07, 6.45) is 2.75. The Kier molecular flexibility index (Phi) is 5.22. The largest absolute Gasteiger partial charge is 0.497 e. The third-order valence-corrected chi connectivity index (χ3v) is 3.78. The number of amides is 1. The first-order chi connectivity index (χ1) is 9.17. The van der Waals surface area contributed by atoms with Gasteiger partial charge in [-0.25, -0.2) is 0 Å². The van der Waals surface area contributed by atoms with E-state index < -0.39 is 0 Å². The molecule has 19 heavy (non-hydrogen) atoms. The molecule has 1 fully saturated rings. The van der Waals surface area contributed by atoms with E-state index >= 15 is 0 Å². The van der Waals surface area contributed by atoms with E-state index in [4.69, 9.17) is 4.74 Å². The maximum absolute atomic E-state index is 12.0. The normalized spacial score (nSPS) is 16.1. The van der Waals surface area contributed by atoms with Crippen molar-refractivity contribution in [3.8, 4) is 5.75 Å². The summed E-state index contributed by atoms with van der Waals surface area (Å²) < 4.78 is 6.07. The number of methoxy groups -OCH3 is 1. The molecule has 1 aromatic carbocycles. The first kappa shape index (κ1) is 14.3. The highest BCUT2D eigenvalue weighted by atomic mass is 79.9. The fourth-order valence-corrected chi connectivity index (χ4v) is 2.79. The molecule has 0 aromatic heterocycles. The lowest BCUT2D eigenvalue weighted by Crippen LogP contribution is -2.30. The molecule has 0 radical (unpaired) electrons. The lowest BCUT2D eigenvalue weighted by molar-refractivity contribution is -0.117. The predicted octanol–water partition coefficient (Wildman–Crippen LogP) is 2.79. The quantitative estimate of drug-likeness (QED) is 0.894. The van der Waals surface area contributed by atoms with Gasteiger partial charge in [-0.1, -0.05) is 15.9 Å². The fourth-order valence-electron chi connectivity index (χ4n) is 2.31. The lowest BCUT2D eigenvalue weighted by Gasteiger charge is -2.22. The van der Waals surface area contributed by atoms with Crippen LogP contribution in [-0.4, -0.2) is 26.1 Å². The Labute approximate surface area is 122 Å². The van der Waals surface area contributed by atoms with Crippen molar-refractivity contribution >= 4 is 27.5 Å². The Morgan fingerprint density at radius 1 is 1.42 bits per heavy atom. The highest BCUT2D eigenvalue weighted by Gasteiger charge is 2.16. The minimum Gasteiger partial charge on any atom is -0.497 e. The molecule has 0 atom stereocenters. The van der Waals surface area contributed by atoms with E-state index in [1.165, 1.54) is 0 Å². The van der Waals surface area contributed by atoms with Gasteiger partial charge in [-0.15, -0.1) is 0 Å². The molecule has 1 aromatic rings. The van der Waals surface area contributed by atoms with Gasteiger partial charge in [0.05, 0.1) is 7.11 Å². The summed E-state index contributed by atoms with van der Waals surface area (Å²) in [6.45, 7) is 2.03. The number of benzene rings is 1. The molecular formula is C14H19BrN2O2. The van der Waals surface area contributed by atoms with Crippen LogP contribution in [0.5, 0.6) is 5.75 Å². The molecule has 1 amide bonds. The van der Waals surface area contributed by atoms with Crippen molar-refractivity contribution < 1.29 is 9.53 Å². The second-order valence-electron chi connectivity index (χ2n) is 4.83. The number of ether oxygens (including phenoxy) is 1. The predicted molar refractivity (Wildman–Crippen MR) is 79.5 cm³/mol. The summed E-state index contributed by atoms with van der Waals surface area (Å²) in [7, 11) is 1.61. The monoisotopic (exact) mass is 326 g/mol. The molecule has 0 spiro atoms. The summed E-state index contributed by atoms with van der Waals surface area (Å²) in [5, 5.41) is 6.24. The van der Waals surface area contributed by atoms with Crippen LogP contribution < -0.4 is 15.4 Å². The smallest absolute Gasteiger partial charge is 0.224 e. The van der Waals surface area contributed by atoms with Gasteiger partial charge in [-0.2, -0.15) is 0 Å². The number of piperidine rings is 1. The highest BCUT2D eigenvalue weighted by molar-refractivity contribution is 9.10. The first-order valence-electron chi connectivity index (χ1n) is 6.52. The van der Waals surface area contributed by atoms with Crippen molar-refractivity contribution in [2.45, 2.75) is 19.3 Å². The van der Waals surface area contributed by atoms with Crippen LogP contribution in [0.4, 0.5) is 5.69 Å². The number of hydrogen-bond donors (Lipinski definition) is 2. The van der Waals surface area contributed by atoms with Gasteiger partial charge in [0.1, 0.15) is 5.75 Å². The van der Waals surface area contributed by atoms with Crippen molar-refractivity contribution in [2.75, 3.05) is 25.5 Å². The Morgan fingerprint density at radius 3 is 2.84 bits per heavy atom. The molecule has 1 aliphatic heterocycles. The summed E-state index contributed by atoms with van der Waals surface area (Å²) in [5.74, 6) is 1.30. The fraction of sp³-hybridized carbons (Fsp3) is 0.500. The highest BCUT2D eigenvalue weighted by Crippen LogP contribution is 2.25. The molecule has 2 rings (SSSR count). The maximum Gasteiger partial charge on any atom is 0.224 e. The standard InChI is InChI=1S/C14H19BrN2O2/c1-19-13-8-11(15)7-12(9-13)17-14(18)6-10-2-4-16-5-3-10/h7-10,16H,2-6H2,1H3,(H,17,18). The molecule has 104 valence electrons. The van der Waals surface area contributed by atoms with Crippen LogP contribution in [0, 0.1) is 5.92 Å². The van der Waals surface area contributed by atoms with E-state index in [9.17, 15) is 4.79 Å². The number of anilines is 1. The molecule has 0 unspecified atom stereocenters. The Morgan fingerprint density at radius 2 is 2.16 bits per heavy atom. The zero-order valence-electron chi connectivity index (χ0n) is 11.0. The topological polar surface area (TPSA) is 50.4 Å². The van der Waals surface area contributed by atoms with E-state index in [0.29, 0.717) is 12.3 Å². The minimum absolute atomic E-state index is 0.0760.